The first-order valence-corrected chi connectivity index (χ1v) is 13.9. The molecule has 1 rings (SSSR count). The third kappa shape index (κ3) is 21.8. The summed E-state index contributed by atoms with van der Waals surface area (Å²) in [5, 5.41) is 0. The molecular weight excluding hydrogens is 476 g/mol. The second kappa shape index (κ2) is 25.6. The molecule has 0 N–H and O–H groups in total. The molecule has 0 radical (unpaired) electrons. The SMILES string of the molecule is CCCCCCCCCCCC(=O)OCCOCCOCCOCCOCCOC(=O)c1ccccc1. The van der Waals surface area contributed by atoms with Gasteiger partial charge < -0.3 is 28.4 Å². The maximum atomic E-state index is 11.7. The summed E-state index contributed by atoms with van der Waals surface area (Å²) in [5.41, 5.74) is 0.527. The van der Waals surface area contributed by atoms with Crippen molar-refractivity contribution in [2.24, 2.45) is 0 Å². The van der Waals surface area contributed by atoms with Gasteiger partial charge >= 0.3 is 11.9 Å². The van der Waals surface area contributed by atoms with Crippen LogP contribution in [0.1, 0.15) is 81.5 Å². The van der Waals surface area contributed by atoms with Gasteiger partial charge in [-0.05, 0) is 18.6 Å². The number of benzene rings is 1. The van der Waals surface area contributed by atoms with Gasteiger partial charge in [0.15, 0.2) is 0 Å². The van der Waals surface area contributed by atoms with E-state index in [0.29, 0.717) is 64.8 Å². The number of esters is 2. The van der Waals surface area contributed by atoms with Crippen molar-refractivity contribution < 1.29 is 38.0 Å². The molecule has 0 heterocycles. The summed E-state index contributed by atoms with van der Waals surface area (Å²) in [6, 6.07) is 8.85. The lowest BCUT2D eigenvalue weighted by Gasteiger charge is -2.08. The van der Waals surface area contributed by atoms with Crippen molar-refractivity contribution >= 4 is 11.9 Å². The second-order valence-electron chi connectivity index (χ2n) is 8.75. The molecule has 37 heavy (non-hydrogen) atoms. The Kier molecular flexibility index (Phi) is 22.9. The monoisotopic (exact) mass is 524 g/mol. The molecular formula is C29H48O8. The standard InChI is InChI=1S/C29H48O8/c1-2-3-4-5-6-7-8-9-13-16-28(30)36-25-23-34-21-19-32-17-18-33-20-22-35-24-26-37-29(31)27-14-11-10-12-15-27/h10-12,14-15H,2-9,13,16-26H2,1H3. The maximum absolute atomic E-state index is 11.7. The van der Waals surface area contributed by atoms with Crippen molar-refractivity contribution in [2.75, 3.05) is 66.1 Å². The van der Waals surface area contributed by atoms with Crippen LogP contribution >= 0.6 is 0 Å². The number of ether oxygens (including phenoxy) is 6. The van der Waals surface area contributed by atoms with Crippen molar-refractivity contribution in [1.29, 1.82) is 0 Å². The summed E-state index contributed by atoms with van der Waals surface area (Å²) in [4.78, 5) is 23.5. The number of rotatable bonds is 26. The summed E-state index contributed by atoms with van der Waals surface area (Å²) in [5.74, 6) is -0.496. The minimum atomic E-state index is -0.355. The van der Waals surface area contributed by atoms with E-state index in [1.807, 2.05) is 6.07 Å². The summed E-state index contributed by atoms with van der Waals surface area (Å²) in [6.45, 7) is 6.11. The lowest BCUT2D eigenvalue weighted by atomic mass is 10.1. The van der Waals surface area contributed by atoms with Crippen LogP contribution in [0.4, 0.5) is 0 Å². The molecule has 0 saturated carbocycles. The molecule has 1 aromatic rings. The van der Waals surface area contributed by atoms with Gasteiger partial charge in [-0.2, -0.15) is 0 Å². The van der Waals surface area contributed by atoms with Crippen LogP contribution in [0.15, 0.2) is 30.3 Å². The molecule has 0 spiro atoms. The zero-order valence-corrected chi connectivity index (χ0v) is 22.8. The van der Waals surface area contributed by atoms with Gasteiger partial charge in [0, 0.05) is 6.42 Å². The lowest BCUT2D eigenvalue weighted by molar-refractivity contribution is -0.145. The topological polar surface area (TPSA) is 89.5 Å². The van der Waals surface area contributed by atoms with Crippen molar-refractivity contribution in [1.82, 2.24) is 0 Å². The third-order valence-electron chi connectivity index (χ3n) is 5.56. The molecule has 0 aliphatic carbocycles. The van der Waals surface area contributed by atoms with Crippen molar-refractivity contribution in [3.63, 3.8) is 0 Å². The highest BCUT2D eigenvalue weighted by atomic mass is 16.6. The van der Waals surface area contributed by atoms with Gasteiger partial charge in [0.05, 0.1) is 58.4 Å². The molecule has 0 atom stereocenters. The van der Waals surface area contributed by atoms with Crippen LogP contribution in [-0.4, -0.2) is 78.0 Å². The average Bonchev–Trinajstić information content (AvgIpc) is 2.92. The van der Waals surface area contributed by atoms with Gasteiger partial charge in [0.25, 0.3) is 0 Å². The van der Waals surface area contributed by atoms with E-state index >= 15 is 0 Å². The number of unbranched alkanes of at least 4 members (excludes halogenated alkanes) is 8. The molecule has 212 valence electrons. The van der Waals surface area contributed by atoms with E-state index in [4.69, 9.17) is 28.4 Å². The van der Waals surface area contributed by atoms with E-state index in [1.165, 1.54) is 44.9 Å². The van der Waals surface area contributed by atoms with Gasteiger partial charge in [0.1, 0.15) is 13.2 Å². The Morgan fingerprint density at radius 1 is 0.541 bits per heavy atom. The van der Waals surface area contributed by atoms with E-state index in [1.54, 1.807) is 24.3 Å². The number of carbonyl (C=O) groups excluding carboxylic acids is 2. The number of hydrogen-bond acceptors (Lipinski definition) is 8. The molecule has 0 amide bonds. The Morgan fingerprint density at radius 3 is 1.49 bits per heavy atom. The van der Waals surface area contributed by atoms with Crippen LogP contribution in [-0.2, 0) is 33.2 Å². The van der Waals surface area contributed by atoms with Crippen molar-refractivity contribution in [3.05, 3.63) is 35.9 Å². The van der Waals surface area contributed by atoms with Crippen LogP contribution < -0.4 is 0 Å². The van der Waals surface area contributed by atoms with E-state index in [2.05, 4.69) is 6.92 Å². The highest BCUT2D eigenvalue weighted by Gasteiger charge is 2.05. The minimum Gasteiger partial charge on any atom is -0.463 e. The zero-order valence-electron chi connectivity index (χ0n) is 22.8. The molecule has 0 saturated heterocycles. The molecule has 1 aromatic carbocycles. The minimum absolute atomic E-state index is 0.142. The lowest BCUT2D eigenvalue weighted by Crippen LogP contribution is -2.15. The predicted molar refractivity (Wildman–Crippen MR) is 143 cm³/mol. The van der Waals surface area contributed by atoms with Gasteiger partial charge in [0.2, 0.25) is 0 Å². The smallest absolute Gasteiger partial charge is 0.338 e. The first-order valence-electron chi connectivity index (χ1n) is 13.9. The Hall–Kier alpha value is -2.00. The zero-order chi connectivity index (χ0) is 26.7. The maximum Gasteiger partial charge on any atom is 0.338 e. The van der Waals surface area contributed by atoms with E-state index < -0.39 is 0 Å². The van der Waals surface area contributed by atoms with Crippen LogP contribution in [0.2, 0.25) is 0 Å². The van der Waals surface area contributed by atoms with E-state index in [-0.39, 0.29) is 25.2 Å². The van der Waals surface area contributed by atoms with Crippen LogP contribution in [0.3, 0.4) is 0 Å². The normalized spacial score (nSPS) is 10.9. The van der Waals surface area contributed by atoms with E-state index in [0.717, 1.165) is 12.8 Å². The first kappa shape index (κ1) is 33.0. The fourth-order valence-electron chi connectivity index (χ4n) is 3.48. The number of hydrogen-bond donors (Lipinski definition) is 0. The quantitative estimate of drug-likeness (QED) is 0.118. The molecule has 0 fully saturated rings. The van der Waals surface area contributed by atoms with Crippen LogP contribution in [0.5, 0.6) is 0 Å². The van der Waals surface area contributed by atoms with Crippen molar-refractivity contribution in [3.8, 4) is 0 Å². The van der Waals surface area contributed by atoms with Gasteiger partial charge in [-0.15, -0.1) is 0 Å². The Bertz CT molecular complexity index is 653. The van der Waals surface area contributed by atoms with Gasteiger partial charge in [-0.25, -0.2) is 4.79 Å². The Labute approximate surface area is 223 Å². The number of carbonyl (C=O) groups is 2. The average molecular weight is 525 g/mol. The van der Waals surface area contributed by atoms with Gasteiger partial charge in [-0.3, -0.25) is 4.79 Å². The molecule has 0 aliphatic rings. The predicted octanol–water partition coefficient (Wildman–Crippen LogP) is 5.37. The molecule has 8 nitrogen and oxygen atoms in total. The summed E-state index contributed by atoms with van der Waals surface area (Å²) < 4.78 is 32.0. The fraction of sp³-hybridized carbons (Fsp3) is 0.724. The highest BCUT2D eigenvalue weighted by molar-refractivity contribution is 5.89. The largest absolute Gasteiger partial charge is 0.463 e. The summed E-state index contributed by atoms with van der Waals surface area (Å²) in [7, 11) is 0. The summed E-state index contributed by atoms with van der Waals surface area (Å²) in [6.07, 6.45) is 11.6. The first-order chi connectivity index (χ1) is 18.2. The van der Waals surface area contributed by atoms with Gasteiger partial charge in [-0.1, -0.05) is 76.5 Å². The summed E-state index contributed by atoms with van der Waals surface area (Å²) >= 11 is 0. The molecule has 0 aliphatic heterocycles. The molecule has 0 aromatic heterocycles. The van der Waals surface area contributed by atoms with Crippen LogP contribution in [0, 0.1) is 0 Å². The Morgan fingerprint density at radius 2 is 0.973 bits per heavy atom. The van der Waals surface area contributed by atoms with Crippen molar-refractivity contribution in [2.45, 2.75) is 71.1 Å². The third-order valence-corrected chi connectivity index (χ3v) is 5.56. The highest BCUT2D eigenvalue weighted by Crippen LogP contribution is 2.10. The molecule has 0 bridgehead atoms. The second-order valence-corrected chi connectivity index (χ2v) is 8.75. The van der Waals surface area contributed by atoms with Crippen LogP contribution in [0.25, 0.3) is 0 Å². The molecule has 0 unspecified atom stereocenters. The van der Waals surface area contributed by atoms with E-state index in [9.17, 15) is 9.59 Å². The molecule has 8 heteroatoms. The Balaban J connectivity index is 1.73. The fourth-order valence-corrected chi connectivity index (χ4v) is 3.48.